The van der Waals surface area contributed by atoms with Crippen molar-refractivity contribution in [3.05, 3.63) is 52.4 Å². The Hall–Kier alpha value is -1.38. The summed E-state index contributed by atoms with van der Waals surface area (Å²) in [6.45, 7) is 0.337. The van der Waals surface area contributed by atoms with Gasteiger partial charge in [-0.05, 0) is 34.7 Å². The number of alkyl halides is 3. The topological polar surface area (TPSA) is 37.4 Å². The third-order valence-corrected chi connectivity index (χ3v) is 6.61. The number of benzene rings is 1. The van der Waals surface area contributed by atoms with Crippen molar-refractivity contribution < 1.29 is 21.6 Å². The Labute approximate surface area is 123 Å². The average Bonchev–Trinajstić information content (AvgIpc) is 2.93. The highest BCUT2D eigenvalue weighted by Crippen LogP contribution is 2.36. The molecule has 1 aliphatic rings. The van der Waals surface area contributed by atoms with Crippen LogP contribution in [0.5, 0.6) is 0 Å². The van der Waals surface area contributed by atoms with Crippen LogP contribution in [0.2, 0.25) is 0 Å². The molecule has 2 heterocycles. The molecule has 1 aliphatic heterocycles. The lowest BCUT2D eigenvalue weighted by Gasteiger charge is -2.15. The summed E-state index contributed by atoms with van der Waals surface area (Å²) in [6.07, 6.45) is -4.39. The van der Waals surface area contributed by atoms with Crippen molar-refractivity contribution in [3.63, 3.8) is 0 Å². The monoisotopic (exact) mass is 333 g/mol. The summed E-state index contributed by atoms with van der Waals surface area (Å²) in [7, 11) is -3.51. The number of thiophene rings is 1. The van der Waals surface area contributed by atoms with Crippen molar-refractivity contribution in [3.8, 4) is 0 Å². The highest BCUT2D eigenvalue weighted by molar-refractivity contribution is 7.91. The van der Waals surface area contributed by atoms with E-state index in [4.69, 9.17) is 0 Å². The fourth-order valence-electron chi connectivity index (χ4n) is 2.20. The molecular weight excluding hydrogens is 323 g/mol. The fraction of sp³-hybridized carbons (Fsp3) is 0.231. The number of rotatable bonds is 2. The van der Waals surface area contributed by atoms with Gasteiger partial charge in [0.05, 0.1) is 5.56 Å². The van der Waals surface area contributed by atoms with E-state index in [0.717, 1.165) is 29.0 Å². The third kappa shape index (κ3) is 2.58. The Morgan fingerprint density at radius 1 is 1.14 bits per heavy atom. The van der Waals surface area contributed by atoms with Crippen LogP contribution in [0.25, 0.3) is 0 Å². The first-order chi connectivity index (χ1) is 9.78. The average molecular weight is 333 g/mol. The summed E-state index contributed by atoms with van der Waals surface area (Å²) in [6, 6.07) is 6.31. The van der Waals surface area contributed by atoms with Crippen LogP contribution in [0.3, 0.4) is 0 Å². The van der Waals surface area contributed by atoms with E-state index in [9.17, 15) is 21.6 Å². The highest BCUT2D eigenvalue weighted by Gasteiger charge is 2.36. The highest BCUT2D eigenvalue weighted by atomic mass is 32.2. The Bertz CT molecular complexity index is 763. The number of hydrogen-bond acceptors (Lipinski definition) is 3. The van der Waals surface area contributed by atoms with Gasteiger partial charge in [-0.2, -0.15) is 17.5 Å². The lowest BCUT2D eigenvalue weighted by molar-refractivity contribution is -0.137. The van der Waals surface area contributed by atoms with Gasteiger partial charge >= 0.3 is 6.18 Å². The Morgan fingerprint density at radius 3 is 2.38 bits per heavy atom. The normalized spacial score (nSPS) is 17.9. The van der Waals surface area contributed by atoms with Gasteiger partial charge in [-0.25, -0.2) is 8.42 Å². The molecule has 1 aromatic carbocycles. The van der Waals surface area contributed by atoms with Crippen molar-refractivity contribution in [2.75, 3.05) is 0 Å². The van der Waals surface area contributed by atoms with Gasteiger partial charge in [0.1, 0.15) is 4.21 Å². The van der Waals surface area contributed by atoms with Crippen LogP contribution in [0.1, 0.15) is 16.7 Å². The minimum Gasteiger partial charge on any atom is -0.206 e. The van der Waals surface area contributed by atoms with E-state index >= 15 is 0 Å². The van der Waals surface area contributed by atoms with Crippen molar-refractivity contribution in [1.82, 2.24) is 4.31 Å². The SMILES string of the molecule is O=S1(=O)c2sccc2CN1Cc1ccc(C(F)(F)F)cc1. The van der Waals surface area contributed by atoms with Crippen LogP contribution in [0.15, 0.2) is 39.9 Å². The van der Waals surface area contributed by atoms with Gasteiger partial charge in [0, 0.05) is 13.1 Å². The molecule has 0 N–H and O–H groups in total. The maximum absolute atomic E-state index is 12.5. The van der Waals surface area contributed by atoms with Gasteiger partial charge in [0.15, 0.2) is 0 Å². The van der Waals surface area contributed by atoms with Gasteiger partial charge in [-0.15, -0.1) is 11.3 Å². The van der Waals surface area contributed by atoms with E-state index in [1.54, 1.807) is 11.4 Å². The molecule has 0 fully saturated rings. The van der Waals surface area contributed by atoms with E-state index in [1.807, 2.05) is 0 Å². The Morgan fingerprint density at radius 2 is 1.81 bits per heavy atom. The maximum atomic E-state index is 12.5. The zero-order chi connectivity index (χ0) is 15.3. The summed E-state index contributed by atoms with van der Waals surface area (Å²) in [4.78, 5) is 0. The van der Waals surface area contributed by atoms with E-state index in [-0.39, 0.29) is 13.1 Å². The van der Waals surface area contributed by atoms with Crippen LogP contribution < -0.4 is 0 Å². The number of nitrogens with zero attached hydrogens (tertiary/aromatic N) is 1. The second kappa shape index (κ2) is 4.82. The van der Waals surface area contributed by atoms with Crippen molar-refractivity contribution in [1.29, 1.82) is 0 Å². The lowest BCUT2D eigenvalue weighted by atomic mass is 10.1. The maximum Gasteiger partial charge on any atom is 0.416 e. The molecular formula is C13H10F3NO2S2. The first-order valence-electron chi connectivity index (χ1n) is 6.01. The molecule has 3 rings (SSSR count). The van der Waals surface area contributed by atoms with Gasteiger partial charge in [-0.1, -0.05) is 12.1 Å². The minimum atomic E-state index is -4.39. The minimum absolute atomic E-state index is 0.0713. The quantitative estimate of drug-likeness (QED) is 0.844. The summed E-state index contributed by atoms with van der Waals surface area (Å²) in [5.41, 5.74) is 0.531. The van der Waals surface area contributed by atoms with Gasteiger partial charge in [0.2, 0.25) is 0 Å². The molecule has 8 heteroatoms. The lowest BCUT2D eigenvalue weighted by Crippen LogP contribution is -2.23. The predicted octanol–water partition coefficient (Wildman–Crippen LogP) is 3.47. The van der Waals surface area contributed by atoms with E-state index in [1.165, 1.54) is 16.4 Å². The molecule has 3 nitrogen and oxygen atoms in total. The molecule has 2 aromatic rings. The molecule has 0 bridgehead atoms. The molecule has 0 unspecified atom stereocenters. The Kier molecular flexibility index (Phi) is 3.34. The molecule has 0 saturated carbocycles. The van der Waals surface area contributed by atoms with Crippen molar-refractivity contribution >= 4 is 21.4 Å². The molecule has 112 valence electrons. The van der Waals surface area contributed by atoms with Crippen molar-refractivity contribution in [2.45, 2.75) is 23.5 Å². The van der Waals surface area contributed by atoms with Crippen molar-refractivity contribution in [2.24, 2.45) is 0 Å². The summed E-state index contributed by atoms with van der Waals surface area (Å²) in [5.74, 6) is 0. The second-order valence-corrected chi connectivity index (χ2v) is 7.75. The molecule has 0 aliphatic carbocycles. The van der Waals surface area contributed by atoms with Crippen LogP contribution >= 0.6 is 11.3 Å². The largest absolute Gasteiger partial charge is 0.416 e. The smallest absolute Gasteiger partial charge is 0.206 e. The molecule has 0 radical (unpaired) electrons. The molecule has 0 amide bonds. The van der Waals surface area contributed by atoms with Gasteiger partial charge < -0.3 is 0 Å². The van der Waals surface area contributed by atoms with Crippen LogP contribution in [-0.4, -0.2) is 12.7 Å². The number of hydrogen-bond donors (Lipinski definition) is 0. The predicted molar refractivity (Wildman–Crippen MR) is 72.2 cm³/mol. The van der Waals surface area contributed by atoms with Gasteiger partial charge in [-0.3, -0.25) is 0 Å². The zero-order valence-electron chi connectivity index (χ0n) is 10.6. The zero-order valence-corrected chi connectivity index (χ0v) is 12.2. The van der Waals surface area contributed by atoms with E-state index < -0.39 is 21.8 Å². The number of halogens is 3. The first kappa shape index (κ1) is 14.6. The van der Waals surface area contributed by atoms with Crippen LogP contribution in [0, 0.1) is 0 Å². The number of fused-ring (bicyclic) bond motifs is 1. The standard InChI is InChI=1S/C13H10F3NO2S2/c14-13(15,16)11-3-1-9(2-4-11)7-17-8-10-5-6-20-12(10)21(17,18)19/h1-6H,7-8H2. The first-order valence-corrected chi connectivity index (χ1v) is 8.33. The Balaban J connectivity index is 1.81. The molecule has 1 aromatic heterocycles. The summed E-state index contributed by atoms with van der Waals surface area (Å²) >= 11 is 1.16. The third-order valence-electron chi connectivity index (χ3n) is 3.27. The van der Waals surface area contributed by atoms with Crippen LogP contribution in [0.4, 0.5) is 13.2 Å². The van der Waals surface area contributed by atoms with E-state index in [2.05, 4.69) is 0 Å². The summed E-state index contributed by atoms with van der Waals surface area (Å²) < 4.78 is 63.5. The number of sulfonamides is 1. The molecule has 0 spiro atoms. The molecule has 0 saturated heterocycles. The molecule has 0 atom stereocenters. The van der Waals surface area contributed by atoms with E-state index in [0.29, 0.717) is 9.77 Å². The molecule has 21 heavy (non-hydrogen) atoms. The van der Waals surface area contributed by atoms with Crippen LogP contribution in [-0.2, 0) is 29.3 Å². The van der Waals surface area contributed by atoms with Gasteiger partial charge in [0.25, 0.3) is 10.0 Å². The fourth-order valence-corrected chi connectivity index (χ4v) is 5.14. The second-order valence-electron chi connectivity index (χ2n) is 4.70. The summed E-state index contributed by atoms with van der Waals surface area (Å²) in [5, 5.41) is 1.72.